The first-order valence-electron chi connectivity index (χ1n) is 14.2. The average molecular weight is 733 g/mol. The summed E-state index contributed by atoms with van der Waals surface area (Å²) in [6, 6.07) is 17.0. The van der Waals surface area contributed by atoms with E-state index in [1.807, 2.05) is 24.3 Å². The van der Waals surface area contributed by atoms with E-state index in [0.717, 1.165) is 9.13 Å². The number of nitro groups is 1. The van der Waals surface area contributed by atoms with Crippen LogP contribution in [0.15, 0.2) is 73.1 Å². The summed E-state index contributed by atoms with van der Waals surface area (Å²) in [6.07, 6.45) is 3.60. The lowest BCUT2D eigenvalue weighted by Crippen LogP contribution is -2.40. The van der Waals surface area contributed by atoms with Gasteiger partial charge in [-0.3, -0.25) is 24.5 Å². The van der Waals surface area contributed by atoms with Gasteiger partial charge in [-0.05, 0) is 90.4 Å². The van der Waals surface area contributed by atoms with Gasteiger partial charge in [-0.2, -0.15) is 5.10 Å². The second-order valence-corrected chi connectivity index (χ2v) is 11.8. The zero-order valence-electron chi connectivity index (χ0n) is 25.1. The first kappa shape index (κ1) is 32.2. The van der Waals surface area contributed by atoms with Crippen LogP contribution < -0.4 is 16.0 Å². The number of fused-ring (bicyclic) bond motifs is 1. The Morgan fingerprint density at radius 2 is 1.78 bits per heavy atom. The van der Waals surface area contributed by atoms with Crippen LogP contribution in [0.3, 0.4) is 0 Å². The predicted octanol–water partition coefficient (Wildman–Crippen LogP) is 4.67. The normalized spacial score (nSPS) is 11.6. The largest absolute Gasteiger partial charge is 0.359 e. The Labute approximate surface area is 277 Å². The van der Waals surface area contributed by atoms with Gasteiger partial charge in [0.15, 0.2) is 0 Å². The van der Waals surface area contributed by atoms with Crippen molar-refractivity contribution < 1.29 is 19.3 Å². The smallest absolute Gasteiger partial charge is 0.311 e. The summed E-state index contributed by atoms with van der Waals surface area (Å²) in [7, 11) is 1.55. The summed E-state index contributed by atoms with van der Waals surface area (Å²) in [5.41, 5.74) is 3.36. The molecule has 3 amide bonds. The van der Waals surface area contributed by atoms with E-state index in [-0.39, 0.29) is 35.1 Å². The maximum Gasteiger partial charge on any atom is 0.311 e. The van der Waals surface area contributed by atoms with Gasteiger partial charge in [0.1, 0.15) is 5.69 Å². The third-order valence-electron chi connectivity index (χ3n) is 7.26. The van der Waals surface area contributed by atoms with Gasteiger partial charge in [-0.1, -0.05) is 18.2 Å². The van der Waals surface area contributed by atoms with E-state index < -0.39 is 22.8 Å². The topological polar surface area (TPSA) is 174 Å². The fourth-order valence-corrected chi connectivity index (χ4v) is 5.35. The summed E-state index contributed by atoms with van der Waals surface area (Å²) in [5, 5.41) is 24.6. The molecule has 0 aliphatic heterocycles. The van der Waals surface area contributed by atoms with Crippen LogP contribution in [0.2, 0.25) is 0 Å². The van der Waals surface area contributed by atoms with Gasteiger partial charge in [0.25, 0.3) is 11.8 Å². The van der Waals surface area contributed by atoms with Crippen LogP contribution in [-0.2, 0) is 11.2 Å². The van der Waals surface area contributed by atoms with Gasteiger partial charge < -0.3 is 16.0 Å². The first-order chi connectivity index (χ1) is 22.0. The van der Waals surface area contributed by atoms with Crippen LogP contribution in [-0.4, -0.2) is 55.5 Å². The number of halogens is 1. The summed E-state index contributed by atoms with van der Waals surface area (Å²) in [4.78, 5) is 58.2. The number of benzene rings is 2. The van der Waals surface area contributed by atoms with Gasteiger partial charge in [0.2, 0.25) is 11.7 Å². The molecule has 0 aliphatic carbocycles. The Morgan fingerprint density at radius 1 is 1.02 bits per heavy atom. The van der Waals surface area contributed by atoms with Crippen molar-refractivity contribution in [3.63, 3.8) is 0 Å². The second-order valence-electron chi connectivity index (χ2n) is 10.6. The molecule has 0 fully saturated rings. The van der Waals surface area contributed by atoms with E-state index in [9.17, 15) is 24.5 Å². The van der Waals surface area contributed by atoms with Crippen LogP contribution >= 0.6 is 22.6 Å². The molecule has 5 aromatic rings. The minimum atomic E-state index is -0.605. The van der Waals surface area contributed by atoms with Crippen LogP contribution in [0, 0.1) is 27.5 Å². The van der Waals surface area contributed by atoms with Crippen molar-refractivity contribution >= 4 is 62.7 Å². The molecule has 5 rings (SSSR count). The van der Waals surface area contributed by atoms with E-state index in [1.165, 1.54) is 24.5 Å². The summed E-state index contributed by atoms with van der Waals surface area (Å²) in [6.45, 7) is 3.42. The van der Waals surface area contributed by atoms with Crippen molar-refractivity contribution in [2.24, 2.45) is 0 Å². The number of nitrogens with one attached hydrogen (secondary N) is 3. The summed E-state index contributed by atoms with van der Waals surface area (Å²) < 4.78 is 2.68. The molecule has 0 saturated carbocycles. The van der Waals surface area contributed by atoms with Crippen LogP contribution in [0.1, 0.15) is 44.1 Å². The Kier molecular flexibility index (Phi) is 9.65. The van der Waals surface area contributed by atoms with Crippen LogP contribution in [0.4, 0.5) is 11.5 Å². The van der Waals surface area contributed by atoms with Crippen molar-refractivity contribution in [1.29, 1.82) is 0 Å². The van der Waals surface area contributed by atoms with Crippen LogP contribution in [0.25, 0.3) is 16.6 Å². The molecular weight excluding hydrogens is 703 g/mol. The quantitative estimate of drug-likeness (QED) is 0.106. The van der Waals surface area contributed by atoms with Crippen molar-refractivity contribution in [1.82, 2.24) is 30.4 Å². The molecule has 46 heavy (non-hydrogen) atoms. The molecule has 0 bridgehead atoms. The van der Waals surface area contributed by atoms with Gasteiger partial charge in [0, 0.05) is 40.2 Å². The van der Waals surface area contributed by atoms with E-state index in [0.29, 0.717) is 34.3 Å². The maximum absolute atomic E-state index is 13.3. The number of carbonyl (C=O) groups is 3. The highest BCUT2D eigenvalue weighted by Crippen LogP contribution is 2.26. The van der Waals surface area contributed by atoms with Crippen molar-refractivity contribution in [3.8, 4) is 5.69 Å². The Balaban J connectivity index is 1.38. The SMILES string of the molecule is CNC(=O)C[C@H](Cc1ccc(I)cc1)NC(=O)c1ncc(-n2ncc3c(C(=O)Nc4nc(C)ccc4[N+](=O)[O-])cccc32)cc1C. The molecule has 14 heteroatoms. The Morgan fingerprint density at radius 3 is 2.48 bits per heavy atom. The molecule has 0 unspecified atom stereocenters. The molecule has 13 nitrogen and oxygen atoms in total. The molecule has 0 saturated heterocycles. The molecule has 3 aromatic heterocycles. The zero-order valence-corrected chi connectivity index (χ0v) is 27.2. The van der Waals surface area contributed by atoms with Gasteiger partial charge in [0.05, 0.1) is 34.1 Å². The minimum absolute atomic E-state index is 0.105. The fourth-order valence-electron chi connectivity index (χ4n) is 4.99. The van der Waals surface area contributed by atoms with Gasteiger partial charge in [-0.15, -0.1) is 0 Å². The van der Waals surface area contributed by atoms with Crippen LogP contribution in [0.5, 0.6) is 0 Å². The molecule has 0 aliphatic rings. The summed E-state index contributed by atoms with van der Waals surface area (Å²) >= 11 is 2.22. The van der Waals surface area contributed by atoms with Crippen molar-refractivity contribution in [2.75, 3.05) is 12.4 Å². The molecule has 0 radical (unpaired) electrons. The lowest BCUT2D eigenvalue weighted by molar-refractivity contribution is -0.384. The number of aryl methyl sites for hydroxylation is 2. The molecular formula is C32H29IN8O5. The first-order valence-corrected chi connectivity index (χ1v) is 15.2. The van der Waals surface area contributed by atoms with Crippen molar-refractivity contribution in [2.45, 2.75) is 32.7 Å². The third-order valence-corrected chi connectivity index (χ3v) is 7.98. The summed E-state index contributed by atoms with van der Waals surface area (Å²) in [5.74, 6) is -1.33. The Bertz CT molecular complexity index is 1980. The zero-order chi connectivity index (χ0) is 33.0. The third kappa shape index (κ3) is 7.17. The number of rotatable bonds is 10. The average Bonchev–Trinajstić information content (AvgIpc) is 3.46. The molecule has 3 N–H and O–H groups in total. The number of hydrogen-bond acceptors (Lipinski definition) is 8. The predicted molar refractivity (Wildman–Crippen MR) is 180 cm³/mol. The molecule has 234 valence electrons. The molecule has 0 spiro atoms. The standard InChI is InChI=1S/C32H29IN8O5/c1-18-13-23(16-35-29(18)32(44)38-22(15-28(42)34-3)14-20-8-10-21(33)11-9-20)40-26-6-4-5-24(25(26)17-36-40)31(43)39-30-27(41(45)46)12-7-19(2)37-30/h4-13,16-17,22H,14-15H2,1-3H3,(H,34,42)(H,38,44)(H,37,39,43)/t22-/m0/s1. The molecule has 1 atom stereocenters. The second kappa shape index (κ2) is 13.8. The fraction of sp³-hybridized carbons (Fsp3) is 0.188. The van der Waals surface area contributed by atoms with E-state index in [1.54, 1.807) is 49.8 Å². The number of anilines is 1. The van der Waals surface area contributed by atoms with Gasteiger partial charge in [-0.25, -0.2) is 14.6 Å². The molecule has 2 aromatic carbocycles. The number of pyridine rings is 2. The monoisotopic (exact) mass is 732 g/mol. The highest BCUT2D eigenvalue weighted by atomic mass is 127. The number of amides is 3. The lowest BCUT2D eigenvalue weighted by Gasteiger charge is -2.19. The van der Waals surface area contributed by atoms with Crippen molar-refractivity contribution in [3.05, 3.63) is 115 Å². The maximum atomic E-state index is 13.3. The number of nitrogens with zero attached hydrogens (tertiary/aromatic N) is 5. The highest BCUT2D eigenvalue weighted by Gasteiger charge is 2.22. The van der Waals surface area contributed by atoms with E-state index in [2.05, 4.69) is 53.6 Å². The number of carbonyl (C=O) groups excluding carboxylic acids is 3. The Hall–Kier alpha value is -5.25. The van der Waals surface area contributed by atoms with Gasteiger partial charge >= 0.3 is 5.69 Å². The van der Waals surface area contributed by atoms with E-state index >= 15 is 0 Å². The molecule has 3 heterocycles. The van der Waals surface area contributed by atoms with E-state index in [4.69, 9.17) is 0 Å². The number of hydrogen-bond donors (Lipinski definition) is 3. The highest BCUT2D eigenvalue weighted by molar-refractivity contribution is 14.1. The minimum Gasteiger partial charge on any atom is -0.359 e. The lowest BCUT2D eigenvalue weighted by atomic mass is 10.0. The number of aromatic nitrogens is 4.